The molecular weight excluding hydrogens is 204 g/mol. The Kier molecular flexibility index (Phi) is 2.96. The molecule has 1 aliphatic heterocycles. The number of aromatic nitrogens is 2. The molecular formula is C11H18N4O. The van der Waals surface area contributed by atoms with Crippen molar-refractivity contribution < 1.29 is 5.11 Å². The zero-order chi connectivity index (χ0) is 11.6. The highest BCUT2D eigenvalue weighted by Crippen LogP contribution is 2.23. The largest absolute Gasteiger partial charge is 0.390 e. The van der Waals surface area contributed by atoms with Crippen LogP contribution in [0.1, 0.15) is 26.2 Å². The van der Waals surface area contributed by atoms with E-state index in [1.54, 1.807) is 6.07 Å². The quantitative estimate of drug-likeness (QED) is 0.735. The van der Waals surface area contributed by atoms with Gasteiger partial charge in [0.2, 0.25) is 0 Å². The summed E-state index contributed by atoms with van der Waals surface area (Å²) < 4.78 is 0. The highest BCUT2D eigenvalue weighted by Gasteiger charge is 2.25. The van der Waals surface area contributed by atoms with E-state index in [1.807, 2.05) is 13.0 Å². The maximum absolute atomic E-state index is 9.98. The lowest BCUT2D eigenvalue weighted by Crippen LogP contribution is -2.28. The van der Waals surface area contributed by atoms with Gasteiger partial charge in [-0.25, -0.2) is 0 Å². The van der Waals surface area contributed by atoms with Crippen LogP contribution in [0, 0.1) is 0 Å². The number of rotatable bonds is 1. The minimum absolute atomic E-state index is 0.436. The summed E-state index contributed by atoms with van der Waals surface area (Å²) in [5, 5.41) is 17.9. The van der Waals surface area contributed by atoms with E-state index in [2.05, 4.69) is 15.1 Å². The molecule has 1 saturated heterocycles. The van der Waals surface area contributed by atoms with Crippen LogP contribution >= 0.6 is 0 Å². The Morgan fingerprint density at radius 3 is 2.81 bits per heavy atom. The third-order valence-electron chi connectivity index (χ3n) is 3.06. The van der Waals surface area contributed by atoms with Crippen molar-refractivity contribution in [3.63, 3.8) is 0 Å². The van der Waals surface area contributed by atoms with Crippen molar-refractivity contribution >= 4 is 11.6 Å². The van der Waals surface area contributed by atoms with Gasteiger partial charge in [0, 0.05) is 13.1 Å². The Morgan fingerprint density at radius 1 is 1.31 bits per heavy atom. The Labute approximate surface area is 95.3 Å². The standard InChI is InChI=1S/C11H18N4O/c1-11(16)5-2-7-15(8-6-11)10-4-3-9(12)13-14-10/h3-4,16H,2,5-8H2,1H3,(H2,12,13). The number of hydrogen-bond acceptors (Lipinski definition) is 5. The molecule has 0 spiro atoms. The summed E-state index contributed by atoms with van der Waals surface area (Å²) in [5.74, 6) is 1.28. The van der Waals surface area contributed by atoms with Gasteiger partial charge in [0.25, 0.3) is 0 Å². The second kappa shape index (κ2) is 4.25. The van der Waals surface area contributed by atoms with Crippen molar-refractivity contribution in [1.82, 2.24) is 10.2 Å². The van der Waals surface area contributed by atoms with Crippen LogP contribution in [0.2, 0.25) is 0 Å². The van der Waals surface area contributed by atoms with Gasteiger partial charge in [0.1, 0.15) is 5.82 Å². The number of anilines is 2. The van der Waals surface area contributed by atoms with Crippen LogP contribution in [-0.4, -0.2) is 34.0 Å². The Balaban J connectivity index is 2.08. The topological polar surface area (TPSA) is 75.3 Å². The summed E-state index contributed by atoms with van der Waals surface area (Å²) in [7, 11) is 0. The summed E-state index contributed by atoms with van der Waals surface area (Å²) in [4.78, 5) is 2.15. The lowest BCUT2D eigenvalue weighted by molar-refractivity contribution is 0.0481. The molecule has 0 aromatic carbocycles. The zero-order valence-corrected chi connectivity index (χ0v) is 9.56. The number of nitrogens with two attached hydrogens (primary N) is 1. The van der Waals surface area contributed by atoms with Crippen LogP contribution in [0.25, 0.3) is 0 Å². The summed E-state index contributed by atoms with van der Waals surface area (Å²) in [6.07, 6.45) is 2.57. The summed E-state index contributed by atoms with van der Waals surface area (Å²) in [6.45, 7) is 3.62. The normalized spacial score (nSPS) is 26.5. The average molecular weight is 222 g/mol. The van der Waals surface area contributed by atoms with Crippen molar-refractivity contribution in [1.29, 1.82) is 0 Å². The molecule has 5 heteroatoms. The third kappa shape index (κ3) is 2.61. The monoisotopic (exact) mass is 222 g/mol. The molecule has 1 aliphatic rings. The highest BCUT2D eigenvalue weighted by atomic mass is 16.3. The first-order valence-electron chi connectivity index (χ1n) is 5.63. The van der Waals surface area contributed by atoms with Crippen LogP contribution in [0.4, 0.5) is 11.6 Å². The van der Waals surface area contributed by atoms with E-state index in [-0.39, 0.29) is 0 Å². The molecule has 0 saturated carbocycles. The molecule has 1 fully saturated rings. The van der Waals surface area contributed by atoms with Crippen LogP contribution < -0.4 is 10.6 Å². The molecule has 1 aromatic heterocycles. The number of hydrogen-bond donors (Lipinski definition) is 2. The van der Waals surface area contributed by atoms with E-state index >= 15 is 0 Å². The van der Waals surface area contributed by atoms with Gasteiger partial charge >= 0.3 is 0 Å². The first-order valence-corrected chi connectivity index (χ1v) is 5.63. The predicted octanol–water partition coefficient (Wildman–Crippen LogP) is 0.800. The van der Waals surface area contributed by atoms with Crippen LogP contribution in [-0.2, 0) is 0 Å². The summed E-state index contributed by atoms with van der Waals surface area (Å²) in [6, 6.07) is 3.63. The summed E-state index contributed by atoms with van der Waals surface area (Å²) in [5.41, 5.74) is 4.95. The van der Waals surface area contributed by atoms with Crippen molar-refractivity contribution in [2.75, 3.05) is 23.7 Å². The molecule has 3 N–H and O–H groups in total. The predicted molar refractivity (Wildman–Crippen MR) is 63.1 cm³/mol. The van der Waals surface area contributed by atoms with Crippen molar-refractivity contribution in [2.24, 2.45) is 0 Å². The minimum Gasteiger partial charge on any atom is -0.390 e. The molecule has 2 rings (SSSR count). The minimum atomic E-state index is -0.546. The van der Waals surface area contributed by atoms with Crippen LogP contribution in [0.15, 0.2) is 12.1 Å². The third-order valence-corrected chi connectivity index (χ3v) is 3.06. The van der Waals surface area contributed by atoms with Gasteiger partial charge in [0.05, 0.1) is 5.60 Å². The Hall–Kier alpha value is -1.36. The zero-order valence-electron chi connectivity index (χ0n) is 9.56. The molecule has 88 valence electrons. The van der Waals surface area contributed by atoms with E-state index < -0.39 is 5.60 Å². The molecule has 0 aliphatic carbocycles. The second-order valence-electron chi connectivity index (χ2n) is 4.65. The van der Waals surface area contributed by atoms with E-state index in [4.69, 9.17) is 5.73 Å². The fourth-order valence-electron chi connectivity index (χ4n) is 2.00. The van der Waals surface area contributed by atoms with Crippen molar-refractivity contribution in [2.45, 2.75) is 31.8 Å². The maximum atomic E-state index is 9.98. The number of aliphatic hydroxyl groups is 1. The fraction of sp³-hybridized carbons (Fsp3) is 0.636. The van der Waals surface area contributed by atoms with Gasteiger partial charge in [-0.1, -0.05) is 0 Å². The van der Waals surface area contributed by atoms with Crippen molar-refractivity contribution in [3.05, 3.63) is 12.1 Å². The van der Waals surface area contributed by atoms with Gasteiger partial charge in [-0.2, -0.15) is 0 Å². The molecule has 1 atom stereocenters. The number of nitrogen functional groups attached to an aromatic ring is 1. The second-order valence-corrected chi connectivity index (χ2v) is 4.65. The molecule has 0 bridgehead atoms. The Bertz CT molecular complexity index is 350. The van der Waals surface area contributed by atoms with Crippen molar-refractivity contribution in [3.8, 4) is 0 Å². The highest BCUT2D eigenvalue weighted by molar-refractivity contribution is 5.41. The van der Waals surface area contributed by atoms with Gasteiger partial charge in [-0.15, -0.1) is 10.2 Å². The molecule has 2 heterocycles. The van der Waals surface area contributed by atoms with E-state index in [1.165, 1.54) is 0 Å². The molecule has 5 nitrogen and oxygen atoms in total. The van der Waals surface area contributed by atoms with Crippen LogP contribution in [0.3, 0.4) is 0 Å². The maximum Gasteiger partial charge on any atom is 0.151 e. The molecule has 16 heavy (non-hydrogen) atoms. The van der Waals surface area contributed by atoms with E-state index in [0.717, 1.165) is 38.2 Å². The lowest BCUT2D eigenvalue weighted by Gasteiger charge is -2.22. The lowest BCUT2D eigenvalue weighted by atomic mass is 9.98. The molecule has 1 aromatic rings. The SMILES string of the molecule is CC1(O)CCCN(c2ccc(N)nn2)CC1. The molecule has 0 amide bonds. The first-order chi connectivity index (χ1) is 7.57. The number of nitrogens with zero attached hydrogens (tertiary/aromatic N) is 3. The van der Waals surface area contributed by atoms with E-state index in [9.17, 15) is 5.11 Å². The summed E-state index contributed by atoms with van der Waals surface area (Å²) >= 11 is 0. The van der Waals surface area contributed by atoms with Crippen LogP contribution in [0.5, 0.6) is 0 Å². The van der Waals surface area contributed by atoms with Gasteiger partial charge in [-0.05, 0) is 38.3 Å². The Morgan fingerprint density at radius 2 is 2.12 bits per heavy atom. The average Bonchev–Trinajstić information content (AvgIpc) is 2.41. The smallest absolute Gasteiger partial charge is 0.151 e. The fourth-order valence-corrected chi connectivity index (χ4v) is 2.00. The van der Waals surface area contributed by atoms with Gasteiger partial charge in [-0.3, -0.25) is 0 Å². The first kappa shape index (κ1) is 11.1. The molecule has 0 radical (unpaired) electrons. The van der Waals surface area contributed by atoms with Gasteiger partial charge in [0.15, 0.2) is 5.82 Å². The van der Waals surface area contributed by atoms with E-state index in [0.29, 0.717) is 5.82 Å². The van der Waals surface area contributed by atoms with Gasteiger partial charge < -0.3 is 15.7 Å². The molecule has 1 unspecified atom stereocenters.